The van der Waals surface area contributed by atoms with E-state index in [1.165, 1.54) is 5.56 Å². The molecule has 0 radical (unpaired) electrons. The monoisotopic (exact) mass is 372 g/mol. The fourth-order valence-corrected chi connectivity index (χ4v) is 3.76. The minimum Gasteiger partial charge on any atom is -0.351 e. The van der Waals surface area contributed by atoms with E-state index in [-0.39, 0.29) is 23.7 Å². The van der Waals surface area contributed by atoms with Crippen molar-refractivity contribution in [2.24, 2.45) is 0 Å². The lowest BCUT2D eigenvalue weighted by Crippen LogP contribution is -2.47. The van der Waals surface area contributed by atoms with Crippen LogP contribution in [0.2, 0.25) is 0 Å². The predicted octanol–water partition coefficient (Wildman–Crippen LogP) is 3.16. The highest BCUT2D eigenvalue weighted by Crippen LogP contribution is 2.41. The SMILES string of the molecule is Cl.O=C(NC1CCNC1)C1(c2ccc(Br)cc2)CCCC1. The molecule has 1 amide bonds. The molecule has 1 aliphatic carbocycles. The van der Waals surface area contributed by atoms with Crippen LogP contribution in [0.25, 0.3) is 0 Å². The van der Waals surface area contributed by atoms with Crippen molar-refractivity contribution >= 4 is 34.2 Å². The van der Waals surface area contributed by atoms with Crippen LogP contribution in [0.3, 0.4) is 0 Å². The number of halogens is 2. The van der Waals surface area contributed by atoms with Gasteiger partial charge in [-0.15, -0.1) is 12.4 Å². The second kappa shape index (κ2) is 7.12. The Morgan fingerprint density at radius 2 is 1.90 bits per heavy atom. The Morgan fingerprint density at radius 3 is 2.48 bits per heavy atom. The Morgan fingerprint density at radius 1 is 1.24 bits per heavy atom. The molecule has 1 atom stereocenters. The lowest BCUT2D eigenvalue weighted by atomic mass is 9.78. The number of amides is 1. The number of carbonyl (C=O) groups is 1. The molecule has 21 heavy (non-hydrogen) atoms. The van der Waals surface area contributed by atoms with E-state index in [1.54, 1.807) is 0 Å². The molecule has 116 valence electrons. The molecular formula is C16H22BrClN2O. The highest BCUT2D eigenvalue weighted by atomic mass is 79.9. The third-order valence-electron chi connectivity index (χ3n) is 4.68. The van der Waals surface area contributed by atoms with Crippen molar-refractivity contribution in [1.29, 1.82) is 0 Å². The fraction of sp³-hybridized carbons (Fsp3) is 0.562. The third kappa shape index (κ3) is 3.43. The Hall–Kier alpha value is -0.580. The number of hydrogen-bond acceptors (Lipinski definition) is 2. The largest absolute Gasteiger partial charge is 0.351 e. The van der Waals surface area contributed by atoms with Crippen LogP contribution in [0.15, 0.2) is 28.7 Å². The van der Waals surface area contributed by atoms with Crippen molar-refractivity contribution in [3.05, 3.63) is 34.3 Å². The number of carbonyl (C=O) groups excluding carboxylic acids is 1. The molecular weight excluding hydrogens is 352 g/mol. The smallest absolute Gasteiger partial charge is 0.230 e. The Bertz CT molecular complexity index is 480. The topological polar surface area (TPSA) is 41.1 Å². The van der Waals surface area contributed by atoms with E-state index < -0.39 is 0 Å². The summed E-state index contributed by atoms with van der Waals surface area (Å²) < 4.78 is 1.06. The molecule has 2 N–H and O–H groups in total. The van der Waals surface area contributed by atoms with Gasteiger partial charge in [-0.25, -0.2) is 0 Å². The van der Waals surface area contributed by atoms with Crippen LogP contribution in [-0.2, 0) is 10.2 Å². The average molecular weight is 374 g/mol. The zero-order valence-electron chi connectivity index (χ0n) is 12.0. The molecule has 3 nitrogen and oxygen atoms in total. The molecule has 5 heteroatoms. The molecule has 0 bridgehead atoms. The summed E-state index contributed by atoms with van der Waals surface area (Å²) in [7, 11) is 0. The summed E-state index contributed by atoms with van der Waals surface area (Å²) in [6.07, 6.45) is 5.28. The fourth-order valence-electron chi connectivity index (χ4n) is 3.50. The highest BCUT2D eigenvalue weighted by Gasteiger charge is 2.43. The van der Waals surface area contributed by atoms with Gasteiger partial charge < -0.3 is 10.6 Å². The molecule has 1 aromatic carbocycles. The second-order valence-corrected chi connectivity index (χ2v) is 6.87. The van der Waals surface area contributed by atoms with Crippen LogP contribution in [0.4, 0.5) is 0 Å². The van der Waals surface area contributed by atoms with Crippen molar-refractivity contribution in [2.45, 2.75) is 43.6 Å². The van der Waals surface area contributed by atoms with Crippen molar-refractivity contribution in [3.63, 3.8) is 0 Å². The van der Waals surface area contributed by atoms with Crippen LogP contribution in [0.5, 0.6) is 0 Å². The van der Waals surface area contributed by atoms with E-state index in [9.17, 15) is 4.79 Å². The van der Waals surface area contributed by atoms with Gasteiger partial charge in [-0.05, 0) is 43.5 Å². The molecule has 1 heterocycles. The van der Waals surface area contributed by atoms with Crippen LogP contribution in [0.1, 0.15) is 37.7 Å². The molecule has 3 rings (SSSR count). The first-order valence-corrected chi connectivity index (χ1v) is 8.28. The first-order chi connectivity index (χ1) is 9.71. The van der Waals surface area contributed by atoms with E-state index in [0.717, 1.165) is 49.7 Å². The van der Waals surface area contributed by atoms with Gasteiger partial charge in [0.15, 0.2) is 0 Å². The molecule has 1 unspecified atom stereocenters. The van der Waals surface area contributed by atoms with Crippen LogP contribution < -0.4 is 10.6 Å². The normalized spacial score (nSPS) is 23.6. The van der Waals surface area contributed by atoms with Crippen molar-refractivity contribution < 1.29 is 4.79 Å². The minimum atomic E-state index is -0.302. The molecule has 2 fully saturated rings. The number of hydrogen-bond donors (Lipinski definition) is 2. The lowest BCUT2D eigenvalue weighted by Gasteiger charge is -2.30. The van der Waals surface area contributed by atoms with E-state index in [0.29, 0.717) is 6.04 Å². The van der Waals surface area contributed by atoms with Crippen LogP contribution in [0, 0.1) is 0 Å². The van der Waals surface area contributed by atoms with Crippen molar-refractivity contribution in [1.82, 2.24) is 10.6 Å². The zero-order valence-corrected chi connectivity index (χ0v) is 14.4. The van der Waals surface area contributed by atoms with Gasteiger partial charge >= 0.3 is 0 Å². The molecule has 1 saturated heterocycles. The minimum absolute atomic E-state index is 0. The molecule has 0 spiro atoms. The summed E-state index contributed by atoms with van der Waals surface area (Å²) in [6, 6.07) is 8.58. The summed E-state index contributed by atoms with van der Waals surface area (Å²) in [5.41, 5.74) is 0.866. The van der Waals surface area contributed by atoms with Gasteiger partial charge in [0.05, 0.1) is 5.41 Å². The van der Waals surface area contributed by atoms with Gasteiger partial charge in [-0.3, -0.25) is 4.79 Å². The van der Waals surface area contributed by atoms with Crippen LogP contribution in [-0.4, -0.2) is 25.0 Å². The van der Waals surface area contributed by atoms with Gasteiger partial charge in [0.1, 0.15) is 0 Å². The predicted molar refractivity (Wildman–Crippen MR) is 91.0 cm³/mol. The van der Waals surface area contributed by atoms with E-state index in [4.69, 9.17) is 0 Å². The number of benzene rings is 1. The van der Waals surface area contributed by atoms with Gasteiger partial charge in [-0.1, -0.05) is 40.9 Å². The molecule has 0 aromatic heterocycles. The maximum Gasteiger partial charge on any atom is 0.230 e. The molecule has 1 aliphatic heterocycles. The second-order valence-electron chi connectivity index (χ2n) is 5.96. The first kappa shape index (κ1) is 16.8. The van der Waals surface area contributed by atoms with E-state index in [1.807, 2.05) is 12.1 Å². The average Bonchev–Trinajstić information content (AvgIpc) is 3.10. The van der Waals surface area contributed by atoms with Gasteiger partial charge in [-0.2, -0.15) is 0 Å². The van der Waals surface area contributed by atoms with Crippen LogP contribution >= 0.6 is 28.3 Å². The maximum atomic E-state index is 12.9. The zero-order chi connectivity index (χ0) is 14.0. The quantitative estimate of drug-likeness (QED) is 0.854. The lowest BCUT2D eigenvalue weighted by molar-refractivity contribution is -0.127. The molecule has 1 aromatic rings. The van der Waals surface area contributed by atoms with Crippen molar-refractivity contribution in [3.8, 4) is 0 Å². The number of nitrogens with one attached hydrogen (secondary N) is 2. The van der Waals surface area contributed by atoms with Gasteiger partial charge in [0, 0.05) is 17.1 Å². The summed E-state index contributed by atoms with van der Waals surface area (Å²) in [4.78, 5) is 12.9. The molecule has 1 saturated carbocycles. The molecule has 2 aliphatic rings. The highest BCUT2D eigenvalue weighted by molar-refractivity contribution is 9.10. The first-order valence-electron chi connectivity index (χ1n) is 7.48. The maximum absolute atomic E-state index is 12.9. The Kier molecular flexibility index (Phi) is 5.69. The summed E-state index contributed by atoms with van der Waals surface area (Å²) in [5, 5.41) is 6.57. The standard InChI is InChI=1S/C16H21BrN2O.ClH/c17-13-5-3-12(4-6-13)16(8-1-2-9-16)15(20)19-14-7-10-18-11-14;/h3-6,14,18H,1-2,7-11H2,(H,19,20);1H. The Balaban J connectivity index is 0.00000161. The van der Waals surface area contributed by atoms with Gasteiger partial charge in [0.25, 0.3) is 0 Å². The van der Waals surface area contributed by atoms with Gasteiger partial charge in [0.2, 0.25) is 5.91 Å². The van der Waals surface area contributed by atoms with E-state index >= 15 is 0 Å². The van der Waals surface area contributed by atoms with E-state index in [2.05, 4.69) is 38.7 Å². The van der Waals surface area contributed by atoms with Crippen molar-refractivity contribution in [2.75, 3.05) is 13.1 Å². The summed E-state index contributed by atoms with van der Waals surface area (Å²) in [6.45, 7) is 1.92. The summed E-state index contributed by atoms with van der Waals surface area (Å²) >= 11 is 3.47. The number of rotatable bonds is 3. The third-order valence-corrected chi connectivity index (χ3v) is 5.21. The summed E-state index contributed by atoms with van der Waals surface area (Å²) in [5.74, 6) is 0.228. The Labute approximate surface area is 140 Å².